The first-order chi connectivity index (χ1) is 4.13. The highest BCUT2D eigenvalue weighted by molar-refractivity contribution is 5.67. The molecule has 0 bridgehead atoms. The monoisotopic (exact) mass is 136 g/mol. The third kappa shape index (κ3) is 6.87. The number of rotatable bonds is 3. The third-order valence-electron chi connectivity index (χ3n) is 0.531. The summed E-state index contributed by atoms with van der Waals surface area (Å²) < 4.78 is 14.8. The molecule has 0 saturated carbocycles. The summed E-state index contributed by atoms with van der Waals surface area (Å²) in [7, 11) is 0. The Morgan fingerprint density at radius 3 is 2.44 bits per heavy atom. The van der Waals surface area contributed by atoms with Crippen LogP contribution in [0, 0.1) is 0 Å². The predicted molar refractivity (Wildman–Crippen MR) is 24.7 cm³/mol. The first kappa shape index (κ1) is 7.87. The molecule has 5 heteroatoms. The van der Waals surface area contributed by atoms with Crippen molar-refractivity contribution in [1.82, 2.24) is 0 Å². The maximum Gasteiger partial charge on any atom is 0.495 e. The molecule has 9 heavy (non-hydrogen) atoms. The summed E-state index contributed by atoms with van der Waals surface area (Å²) in [4.78, 5) is 19.0. The average molecular weight is 136 g/mol. The van der Waals surface area contributed by atoms with Crippen LogP contribution in [0.25, 0.3) is 0 Å². The van der Waals surface area contributed by atoms with Gasteiger partial charge in [-0.2, -0.15) is 0 Å². The zero-order chi connectivity index (χ0) is 7.28. The maximum atomic E-state index is 11.1. The van der Waals surface area contributed by atoms with Gasteiger partial charge in [0.2, 0.25) is 0 Å². The molecule has 0 radical (unpaired) electrons. The van der Waals surface area contributed by atoms with Gasteiger partial charge < -0.3 is 9.84 Å². The van der Waals surface area contributed by atoms with Crippen LogP contribution in [0.3, 0.4) is 0 Å². The summed E-state index contributed by atoms with van der Waals surface area (Å²) in [6, 6.07) is 0. The van der Waals surface area contributed by atoms with Crippen molar-refractivity contribution in [2.24, 2.45) is 0 Å². The summed E-state index contributed by atoms with van der Waals surface area (Å²) in [5.41, 5.74) is 0. The van der Waals surface area contributed by atoms with E-state index in [0.717, 1.165) is 0 Å². The van der Waals surface area contributed by atoms with Gasteiger partial charge in [0.1, 0.15) is 6.61 Å². The van der Waals surface area contributed by atoms with E-state index in [9.17, 15) is 14.0 Å². The molecule has 1 N–H and O–H groups in total. The molecule has 4 nitrogen and oxygen atoms in total. The van der Waals surface area contributed by atoms with Crippen LogP contribution in [-0.2, 0) is 9.53 Å². The molecule has 0 saturated heterocycles. The molecule has 0 unspecified atom stereocenters. The summed E-state index contributed by atoms with van der Waals surface area (Å²) in [6.07, 6.45) is -2.31. The Bertz CT molecular complexity index is 108. The van der Waals surface area contributed by atoms with Gasteiger partial charge >= 0.3 is 12.2 Å². The predicted octanol–water partition coefficient (Wildman–Crippen LogP) is 0.567. The lowest BCUT2D eigenvalue weighted by molar-refractivity contribution is -0.137. The van der Waals surface area contributed by atoms with E-state index < -0.39 is 18.8 Å². The number of halogens is 1. The number of hydrogen-bond acceptors (Lipinski definition) is 3. The van der Waals surface area contributed by atoms with Gasteiger partial charge in [-0.1, -0.05) is 0 Å². The number of carbonyl (C=O) groups excluding carboxylic acids is 1. The Balaban J connectivity index is 3.10. The van der Waals surface area contributed by atoms with E-state index in [4.69, 9.17) is 5.11 Å². The second-order valence-electron chi connectivity index (χ2n) is 1.23. The zero-order valence-corrected chi connectivity index (χ0v) is 4.46. The standard InChI is InChI=1S/C4H5FO4/c5-4(8)9-2-1-3(6)7/h1-2H2,(H,6,7). The molecule has 0 fully saturated rings. The number of carbonyl (C=O) groups is 2. The van der Waals surface area contributed by atoms with Gasteiger partial charge in [-0.3, -0.25) is 4.79 Å². The molecule has 0 aromatic rings. The van der Waals surface area contributed by atoms with Gasteiger partial charge in [0.15, 0.2) is 0 Å². The molecular weight excluding hydrogens is 131 g/mol. The summed E-state index contributed by atoms with van der Waals surface area (Å²) >= 11 is 0. The van der Waals surface area contributed by atoms with E-state index in [-0.39, 0.29) is 6.42 Å². The van der Waals surface area contributed by atoms with E-state index >= 15 is 0 Å². The van der Waals surface area contributed by atoms with Crippen LogP contribution in [0.2, 0.25) is 0 Å². The van der Waals surface area contributed by atoms with Crippen LogP contribution >= 0.6 is 0 Å². The fraction of sp³-hybridized carbons (Fsp3) is 0.500. The number of hydrogen-bond donors (Lipinski definition) is 1. The molecule has 0 rings (SSSR count). The van der Waals surface area contributed by atoms with Crippen LogP contribution in [-0.4, -0.2) is 23.9 Å². The van der Waals surface area contributed by atoms with E-state index in [1.165, 1.54) is 0 Å². The Labute approximate surface area is 50.2 Å². The van der Waals surface area contributed by atoms with Gasteiger partial charge in [-0.15, -0.1) is 4.39 Å². The molecule has 0 aliphatic rings. The number of aliphatic carboxylic acids is 1. The van der Waals surface area contributed by atoms with Gasteiger partial charge in [-0.25, -0.2) is 4.79 Å². The van der Waals surface area contributed by atoms with E-state index in [1.54, 1.807) is 0 Å². The van der Waals surface area contributed by atoms with Crippen LogP contribution in [0.1, 0.15) is 6.42 Å². The second kappa shape index (κ2) is 3.82. The number of carboxylic acid groups (broad SMARTS) is 1. The van der Waals surface area contributed by atoms with E-state index in [0.29, 0.717) is 0 Å². The number of carboxylic acids is 1. The van der Waals surface area contributed by atoms with Crippen molar-refractivity contribution in [2.75, 3.05) is 6.61 Å². The van der Waals surface area contributed by atoms with Gasteiger partial charge in [0.05, 0.1) is 6.42 Å². The smallest absolute Gasteiger partial charge is 0.481 e. The highest BCUT2D eigenvalue weighted by Crippen LogP contribution is 1.85. The Morgan fingerprint density at radius 2 is 2.11 bits per heavy atom. The largest absolute Gasteiger partial charge is 0.495 e. The van der Waals surface area contributed by atoms with Crippen LogP contribution in [0.4, 0.5) is 9.18 Å². The van der Waals surface area contributed by atoms with Crippen molar-refractivity contribution in [3.8, 4) is 0 Å². The molecule has 0 aromatic heterocycles. The molecule has 0 aliphatic carbocycles. The second-order valence-corrected chi connectivity index (χ2v) is 1.23. The van der Waals surface area contributed by atoms with Crippen molar-refractivity contribution in [3.05, 3.63) is 0 Å². The minimum absolute atomic E-state index is 0.365. The number of ether oxygens (including phenoxy) is 1. The van der Waals surface area contributed by atoms with Gasteiger partial charge in [0.25, 0.3) is 0 Å². The van der Waals surface area contributed by atoms with Crippen LogP contribution < -0.4 is 0 Å². The molecule has 0 atom stereocenters. The lowest BCUT2D eigenvalue weighted by Crippen LogP contribution is -2.03. The molecule has 0 amide bonds. The normalized spacial score (nSPS) is 8.56. The fourth-order valence-corrected chi connectivity index (χ4v) is 0.219. The van der Waals surface area contributed by atoms with Crippen molar-refractivity contribution in [3.63, 3.8) is 0 Å². The molecule has 0 spiro atoms. The minimum atomic E-state index is -1.95. The molecule has 0 aliphatic heterocycles. The van der Waals surface area contributed by atoms with Gasteiger partial charge in [-0.05, 0) is 0 Å². The van der Waals surface area contributed by atoms with E-state index in [2.05, 4.69) is 4.74 Å². The lowest BCUT2D eigenvalue weighted by atomic mass is 10.5. The van der Waals surface area contributed by atoms with Crippen molar-refractivity contribution in [1.29, 1.82) is 0 Å². The summed E-state index contributed by atoms with van der Waals surface area (Å²) in [5, 5.41) is 7.91. The Hall–Kier alpha value is -1.13. The molecular formula is C4H5FO4. The quantitative estimate of drug-likeness (QED) is 0.576. The highest BCUT2D eigenvalue weighted by atomic mass is 19.1. The third-order valence-corrected chi connectivity index (χ3v) is 0.531. The van der Waals surface area contributed by atoms with Gasteiger partial charge in [0, 0.05) is 0 Å². The van der Waals surface area contributed by atoms with Crippen molar-refractivity contribution >= 4 is 12.2 Å². The van der Waals surface area contributed by atoms with Crippen LogP contribution in [0.15, 0.2) is 0 Å². The van der Waals surface area contributed by atoms with E-state index in [1.807, 2.05) is 0 Å². The highest BCUT2D eigenvalue weighted by Gasteiger charge is 2.00. The molecule has 0 aromatic carbocycles. The van der Waals surface area contributed by atoms with Crippen LogP contribution in [0.5, 0.6) is 0 Å². The molecule has 52 valence electrons. The SMILES string of the molecule is O=C(O)CCOC(=O)F. The fourth-order valence-electron chi connectivity index (χ4n) is 0.219. The first-order valence-corrected chi connectivity index (χ1v) is 2.17. The lowest BCUT2D eigenvalue weighted by Gasteiger charge is -1.92. The van der Waals surface area contributed by atoms with Crippen molar-refractivity contribution in [2.45, 2.75) is 6.42 Å². The maximum absolute atomic E-state index is 11.1. The first-order valence-electron chi connectivity index (χ1n) is 2.17. The Morgan fingerprint density at radius 1 is 1.56 bits per heavy atom. The summed E-state index contributed by atoms with van der Waals surface area (Å²) in [5.74, 6) is -1.13. The topological polar surface area (TPSA) is 63.6 Å². The Kier molecular flexibility index (Phi) is 3.34. The minimum Gasteiger partial charge on any atom is -0.481 e. The van der Waals surface area contributed by atoms with Crippen molar-refractivity contribution < 1.29 is 23.8 Å². The summed E-state index contributed by atoms with van der Waals surface area (Å²) in [6.45, 7) is -0.412. The average Bonchev–Trinajstić information content (AvgIpc) is 1.63. The zero-order valence-electron chi connectivity index (χ0n) is 4.46. The molecule has 0 heterocycles.